The van der Waals surface area contributed by atoms with Crippen molar-refractivity contribution in [3.8, 4) is 5.75 Å². The Morgan fingerprint density at radius 3 is 2.46 bits per heavy atom. The zero-order chi connectivity index (χ0) is 24.0. The maximum atomic E-state index is 13.5. The highest BCUT2D eigenvalue weighted by Crippen LogP contribution is 2.34. The molecule has 0 radical (unpaired) electrons. The topological polar surface area (TPSA) is 85.7 Å². The van der Waals surface area contributed by atoms with Crippen molar-refractivity contribution in [3.63, 3.8) is 0 Å². The smallest absolute Gasteiger partial charge is 0.271 e. The predicted molar refractivity (Wildman–Crippen MR) is 130 cm³/mol. The molecule has 3 aromatic rings. The minimum Gasteiger partial charge on any atom is -0.492 e. The third-order valence-electron chi connectivity index (χ3n) is 6.55. The molecule has 5 rings (SSSR count). The molecule has 1 atom stereocenters. The number of rotatable bonds is 7. The van der Waals surface area contributed by atoms with Crippen LogP contribution in [0.15, 0.2) is 66.9 Å². The van der Waals surface area contributed by atoms with Gasteiger partial charge in [0.1, 0.15) is 29.9 Å². The van der Waals surface area contributed by atoms with Crippen LogP contribution in [-0.2, 0) is 16.1 Å². The molecule has 2 aliphatic heterocycles. The molecule has 1 unspecified atom stereocenters. The summed E-state index contributed by atoms with van der Waals surface area (Å²) in [5.74, 6) is 1.33. The van der Waals surface area contributed by atoms with Gasteiger partial charge in [0.2, 0.25) is 5.91 Å². The number of carbonyl (C=O) groups excluding carboxylic acids is 2. The van der Waals surface area contributed by atoms with Gasteiger partial charge in [0.15, 0.2) is 0 Å². The van der Waals surface area contributed by atoms with E-state index in [2.05, 4.69) is 5.32 Å². The number of imidazole rings is 1. The lowest BCUT2D eigenvalue weighted by Crippen LogP contribution is -2.46. The van der Waals surface area contributed by atoms with Crippen molar-refractivity contribution in [2.75, 3.05) is 32.9 Å². The molecule has 0 spiro atoms. The Balaban J connectivity index is 1.31. The van der Waals surface area contributed by atoms with E-state index in [1.54, 1.807) is 6.20 Å². The fourth-order valence-corrected chi connectivity index (χ4v) is 4.74. The first-order valence-electron chi connectivity index (χ1n) is 12.2. The molecule has 2 amide bonds. The predicted octanol–water partition coefficient (Wildman–Crippen LogP) is 3.05. The molecule has 0 bridgehead atoms. The average molecular weight is 475 g/mol. The molecule has 3 heterocycles. The summed E-state index contributed by atoms with van der Waals surface area (Å²) in [6.07, 6.45) is 3.27. The number of ether oxygens (including phenoxy) is 2. The summed E-state index contributed by atoms with van der Waals surface area (Å²) in [5, 5.41) is 2.88. The molecular weight excluding hydrogens is 444 g/mol. The van der Waals surface area contributed by atoms with Gasteiger partial charge in [0, 0.05) is 38.4 Å². The van der Waals surface area contributed by atoms with E-state index in [1.807, 2.05) is 70.1 Å². The Morgan fingerprint density at radius 1 is 1.00 bits per heavy atom. The number of para-hydroxylation sites is 1. The molecule has 0 aliphatic carbocycles. The largest absolute Gasteiger partial charge is 0.492 e. The van der Waals surface area contributed by atoms with Crippen molar-refractivity contribution >= 4 is 11.8 Å². The first-order valence-corrected chi connectivity index (χ1v) is 12.2. The minimum absolute atomic E-state index is 0.0381. The molecule has 182 valence electrons. The van der Waals surface area contributed by atoms with E-state index in [9.17, 15) is 9.59 Å². The van der Waals surface area contributed by atoms with Crippen molar-refractivity contribution in [2.45, 2.75) is 25.4 Å². The van der Waals surface area contributed by atoms with Gasteiger partial charge in [-0.1, -0.05) is 48.5 Å². The highest BCUT2D eigenvalue weighted by molar-refractivity contribution is 5.92. The fourth-order valence-electron chi connectivity index (χ4n) is 4.74. The second-order valence-electron chi connectivity index (χ2n) is 8.83. The van der Waals surface area contributed by atoms with Crippen LogP contribution < -0.4 is 10.1 Å². The van der Waals surface area contributed by atoms with Gasteiger partial charge in [-0.3, -0.25) is 9.59 Å². The van der Waals surface area contributed by atoms with Crippen LogP contribution in [0.3, 0.4) is 0 Å². The first kappa shape index (κ1) is 23.1. The summed E-state index contributed by atoms with van der Waals surface area (Å²) >= 11 is 0. The van der Waals surface area contributed by atoms with E-state index in [-0.39, 0.29) is 23.8 Å². The number of aromatic nitrogens is 2. The minimum atomic E-state index is -0.330. The molecule has 8 nitrogen and oxygen atoms in total. The normalized spacial score (nSPS) is 18.1. The van der Waals surface area contributed by atoms with E-state index in [1.165, 1.54) is 0 Å². The lowest BCUT2D eigenvalue weighted by atomic mass is 9.95. The zero-order valence-corrected chi connectivity index (χ0v) is 19.6. The highest BCUT2D eigenvalue weighted by atomic mass is 16.5. The number of nitrogens with zero attached hydrogens (tertiary/aromatic N) is 3. The summed E-state index contributed by atoms with van der Waals surface area (Å²) in [6, 6.07) is 19.1. The Hall–Kier alpha value is -3.65. The van der Waals surface area contributed by atoms with Gasteiger partial charge in [0.05, 0.1) is 6.54 Å². The van der Waals surface area contributed by atoms with Crippen molar-refractivity contribution in [3.05, 3.63) is 83.9 Å². The number of benzene rings is 2. The van der Waals surface area contributed by atoms with Gasteiger partial charge >= 0.3 is 0 Å². The van der Waals surface area contributed by atoms with Gasteiger partial charge in [0.25, 0.3) is 5.91 Å². The number of carbonyl (C=O) groups is 2. The number of hydrogen-bond acceptors (Lipinski definition) is 5. The van der Waals surface area contributed by atoms with Crippen LogP contribution in [0.1, 0.15) is 40.8 Å². The Bertz CT molecular complexity index is 1140. The molecule has 1 fully saturated rings. The molecule has 2 aliphatic rings. The van der Waals surface area contributed by atoms with Crippen molar-refractivity contribution < 1.29 is 19.1 Å². The van der Waals surface area contributed by atoms with Crippen LogP contribution in [-0.4, -0.2) is 59.2 Å². The number of amides is 2. The molecular formula is C27H30N4O4. The van der Waals surface area contributed by atoms with Gasteiger partial charge in [-0.2, -0.15) is 0 Å². The highest BCUT2D eigenvalue weighted by Gasteiger charge is 2.37. The average Bonchev–Trinajstić information content (AvgIpc) is 3.36. The van der Waals surface area contributed by atoms with Crippen molar-refractivity contribution in [2.24, 2.45) is 5.92 Å². The maximum absolute atomic E-state index is 13.5. The summed E-state index contributed by atoms with van der Waals surface area (Å²) in [7, 11) is 0. The van der Waals surface area contributed by atoms with E-state index in [4.69, 9.17) is 14.5 Å². The lowest BCUT2D eigenvalue weighted by molar-refractivity contribution is -0.141. The van der Waals surface area contributed by atoms with Crippen LogP contribution >= 0.6 is 0 Å². The van der Waals surface area contributed by atoms with Gasteiger partial charge in [-0.25, -0.2) is 4.98 Å². The SMILES string of the molecule is O=C(NCCOc1ccccc1)c1cn2c(n1)C(c1ccccc1)N(C(=O)C1CCOCC1)CC2. The second kappa shape index (κ2) is 10.7. The summed E-state index contributed by atoms with van der Waals surface area (Å²) in [6.45, 7) is 3.15. The molecule has 0 saturated carbocycles. The van der Waals surface area contributed by atoms with Gasteiger partial charge in [-0.15, -0.1) is 0 Å². The van der Waals surface area contributed by atoms with Crippen LogP contribution in [0.5, 0.6) is 5.75 Å². The second-order valence-corrected chi connectivity index (χ2v) is 8.83. The lowest BCUT2D eigenvalue weighted by Gasteiger charge is -2.38. The van der Waals surface area contributed by atoms with Crippen LogP contribution in [0.25, 0.3) is 0 Å². The van der Waals surface area contributed by atoms with E-state index < -0.39 is 0 Å². The summed E-state index contributed by atoms with van der Waals surface area (Å²) in [4.78, 5) is 33.0. The summed E-state index contributed by atoms with van der Waals surface area (Å²) in [5.41, 5.74) is 1.34. The standard InChI is InChI=1S/C27H30N4O4/c32-26(28-13-18-35-22-9-5-2-6-10-22)23-19-30-14-15-31(27(33)21-11-16-34-17-12-21)24(25(30)29-23)20-7-3-1-4-8-20/h1-10,19,21,24H,11-18H2,(H,28,32). The van der Waals surface area contributed by atoms with Crippen molar-refractivity contribution in [1.29, 1.82) is 0 Å². The van der Waals surface area contributed by atoms with Gasteiger partial charge in [-0.05, 0) is 30.5 Å². The molecule has 8 heteroatoms. The molecule has 1 N–H and O–H groups in total. The number of nitrogens with one attached hydrogen (secondary N) is 1. The van der Waals surface area contributed by atoms with E-state index in [0.717, 1.165) is 24.2 Å². The Kier molecular flexibility index (Phi) is 7.09. The molecule has 1 saturated heterocycles. The van der Waals surface area contributed by atoms with Crippen molar-refractivity contribution in [1.82, 2.24) is 19.8 Å². The quantitative estimate of drug-likeness (QED) is 0.532. The Labute approximate surface area is 204 Å². The summed E-state index contributed by atoms with van der Waals surface area (Å²) < 4.78 is 13.1. The zero-order valence-electron chi connectivity index (χ0n) is 19.6. The number of fused-ring (bicyclic) bond motifs is 1. The van der Waals surface area contributed by atoms with Crippen LogP contribution in [0, 0.1) is 5.92 Å². The molecule has 1 aromatic heterocycles. The van der Waals surface area contributed by atoms with Crippen LogP contribution in [0.4, 0.5) is 0 Å². The van der Waals surface area contributed by atoms with Gasteiger partial charge < -0.3 is 24.3 Å². The monoisotopic (exact) mass is 474 g/mol. The van der Waals surface area contributed by atoms with Crippen LogP contribution in [0.2, 0.25) is 0 Å². The molecule has 35 heavy (non-hydrogen) atoms. The fraction of sp³-hybridized carbons (Fsp3) is 0.370. The third kappa shape index (κ3) is 5.22. The third-order valence-corrected chi connectivity index (χ3v) is 6.55. The van der Waals surface area contributed by atoms with E-state index in [0.29, 0.717) is 51.0 Å². The number of hydrogen-bond donors (Lipinski definition) is 1. The van der Waals surface area contributed by atoms with E-state index >= 15 is 0 Å². The maximum Gasteiger partial charge on any atom is 0.271 e. The Morgan fingerprint density at radius 2 is 1.71 bits per heavy atom. The molecule has 2 aromatic carbocycles. The first-order chi connectivity index (χ1) is 17.2.